The lowest BCUT2D eigenvalue weighted by molar-refractivity contribution is -0.193. The van der Waals surface area contributed by atoms with Crippen LogP contribution in [0.5, 0.6) is 5.75 Å². The van der Waals surface area contributed by atoms with Gasteiger partial charge in [-0.3, -0.25) is 0 Å². The standard InChI is InChI=1S/C32H44F2O3/c1-3-5-7-8-9-23-10-12-24(13-11-23)25-14-16-26(17-15-25)27-21-36-32(37-22-27)28-18-19-29(31(34)30(28)33)35-20-6-4-2/h14-19,23-24,27,32H,3-13,20-22H2,1-2H3. The number of hydrogen-bond donors (Lipinski definition) is 0. The SMILES string of the molecule is CCCCCCC1CCC(c2ccc(C3COC(c4ccc(OCCCC)c(F)c4F)OC3)cc2)CC1. The molecule has 0 radical (unpaired) electrons. The maximum absolute atomic E-state index is 14.7. The van der Waals surface area contributed by atoms with Gasteiger partial charge in [0.1, 0.15) is 0 Å². The molecule has 3 nitrogen and oxygen atoms in total. The van der Waals surface area contributed by atoms with Crippen molar-refractivity contribution in [1.29, 1.82) is 0 Å². The van der Waals surface area contributed by atoms with Gasteiger partial charge in [-0.15, -0.1) is 0 Å². The summed E-state index contributed by atoms with van der Waals surface area (Å²) in [6, 6.07) is 11.9. The molecule has 2 fully saturated rings. The Balaban J connectivity index is 1.25. The van der Waals surface area contributed by atoms with Gasteiger partial charge < -0.3 is 14.2 Å². The third-order valence-corrected chi connectivity index (χ3v) is 8.18. The minimum Gasteiger partial charge on any atom is -0.490 e. The fraction of sp³-hybridized carbons (Fsp3) is 0.625. The lowest BCUT2D eigenvalue weighted by atomic mass is 9.77. The van der Waals surface area contributed by atoms with Gasteiger partial charge in [-0.05, 0) is 67.2 Å². The molecule has 0 atom stereocenters. The normalized spacial score (nSPS) is 24.2. The van der Waals surface area contributed by atoms with Crippen LogP contribution in [-0.4, -0.2) is 19.8 Å². The van der Waals surface area contributed by atoms with Crippen molar-refractivity contribution >= 4 is 0 Å². The van der Waals surface area contributed by atoms with E-state index in [9.17, 15) is 8.78 Å². The second-order valence-electron chi connectivity index (χ2n) is 10.9. The molecule has 0 amide bonds. The molecule has 0 spiro atoms. The summed E-state index contributed by atoms with van der Waals surface area (Å²) in [4.78, 5) is 0. The third-order valence-electron chi connectivity index (χ3n) is 8.18. The first-order valence-corrected chi connectivity index (χ1v) is 14.5. The molecular formula is C32H44F2O3. The van der Waals surface area contributed by atoms with Gasteiger partial charge in [0, 0.05) is 11.5 Å². The summed E-state index contributed by atoms with van der Waals surface area (Å²) in [6.45, 7) is 5.47. The van der Waals surface area contributed by atoms with Crippen LogP contribution in [0.1, 0.15) is 119 Å². The number of unbranched alkanes of at least 4 members (excludes halogenated alkanes) is 4. The summed E-state index contributed by atoms with van der Waals surface area (Å²) in [6.07, 6.45) is 13.0. The van der Waals surface area contributed by atoms with Crippen LogP contribution in [0, 0.1) is 17.6 Å². The Morgan fingerprint density at radius 2 is 1.38 bits per heavy atom. The third kappa shape index (κ3) is 7.54. The van der Waals surface area contributed by atoms with Gasteiger partial charge in [-0.2, -0.15) is 4.39 Å². The smallest absolute Gasteiger partial charge is 0.201 e. The minimum absolute atomic E-state index is 0.0658. The fourth-order valence-electron chi connectivity index (χ4n) is 5.73. The zero-order valence-electron chi connectivity index (χ0n) is 22.7. The van der Waals surface area contributed by atoms with Gasteiger partial charge in [-0.1, -0.05) is 76.6 Å². The van der Waals surface area contributed by atoms with Crippen LogP contribution < -0.4 is 4.74 Å². The van der Waals surface area contributed by atoms with E-state index >= 15 is 0 Å². The highest BCUT2D eigenvalue weighted by Gasteiger charge is 2.29. The van der Waals surface area contributed by atoms with E-state index in [2.05, 4.69) is 31.2 Å². The molecule has 1 saturated carbocycles. The van der Waals surface area contributed by atoms with Gasteiger partial charge in [0.05, 0.1) is 19.8 Å². The molecular weight excluding hydrogens is 470 g/mol. The molecule has 1 aliphatic carbocycles. The maximum Gasteiger partial charge on any atom is 0.201 e. The van der Waals surface area contributed by atoms with Crippen molar-refractivity contribution in [3.63, 3.8) is 0 Å². The van der Waals surface area contributed by atoms with E-state index in [1.54, 1.807) is 0 Å². The van der Waals surface area contributed by atoms with Crippen LogP contribution in [0.3, 0.4) is 0 Å². The molecule has 1 saturated heterocycles. The molecule has 2 aromatic carbocycles. The monoisotopic (exact) mass is 514 g/mol. The zero-order chi connectivity index (χ0) is 26.0. The fourth-order valence-corrected chi connectivity index (χ4v) is 5.73. The van der Waals surface area contributed by atoms with Crippen molar-refractivity contribution in [1.82, 2.24) is 0 Å². The molecule has 0 aromatic heterocycles. The van der Waals surface area contributed by atoms with Crippen molar-refractivity contribution in [3.05, 3.63) is 64.7 Å². The summed E-state index contributed by atoms with van der Waals surface area (Å²) in [7, 11) is 0. The second-order valence-corrected chi connectivity index (χ2v) is 10.9. The van der Waals surface area contributed by atoms with Crippen molar-refractivity contribution < 1.29 is 23.0 Å². The molecule has 4 rings (SSSR count). The lowest BCUT2D eigenvalue weighted by Crippen LogP contribution is -2.26. The Morgan fingerprint density at radius 1 is 0.730 bits per heavy atom. The molecule has 204 valence electrons. The van der Waals surface area contributed by atoms with Crippen LogP contribution in [-0.2, 0) is 9.47 Å². The number of benzene rings is 2. The number of rotatable bonds is 12. The molecule has 0 bridgehead atoms. The maximum atomic E-state index is 14.7. The molecule has 2 aromatic rings. The van der Waals surface area contributed by atoms with Crippen molar-refractivity contribution in [2.75, 3.05) is 19.8 Å². The first-order valence-electron chi connectivity index (χ1n) is 14.5. The highest BCUT2D eigenvalue weighted by Crippen LogP contribution is 2.39. The topological polar surface area (TPSA) is 27.7 Å². The minimum atomic E-state index is -0.982. The Hall–Kier alpha value is -1.98. The van der Waals surface area contributed by atoms with Crippen LogP contribution >= 0.6 is 0 Å². The van der Waals surface area contributed by atoms with Gasteiger partial charge in [0.15, 0.2) is 17.9 Å². The molecule has 5 heteroatoms. The van der Waals surface area contributed by atoms with E-state index in [-0.39, 0.29) is 17.2 Å². The predicted octanol–water partition coefficient (Wildman–Crippen LogP) is 9.22. The molecule has 1 aliphatic heterocycles. The Kier molecular flexibility index (Phi) is 10.8. The Morgan fingerprint density at radius 3 is 2.03 bits per heavy atom. The Labute approximate surface area is 221 Å². The summed E-state index contributed by atoms with van der Waals surface area (Å²) in [5.74, 6) is -0.352. The number of hydrogen-bond acceptors (Lipinski definition) is 3. The van der Waals surface area contributed by atoms with E-state index in [4.69, 9.17) is 14.2 Å². The summed E-state index contributed by atoms with van der Waals surface area (Å²) in [5.41, 5.74) is 2.68. The molecule has 0 unspecified atom stereocenters. The van der Waals surface area contributed by atoms with Gasteiger partial charge in [0.25, 0.3) is 0 Å². The largest absolute Gasteiger partial charge is 0.490 e. The number of ether oxygens (including phenoxy) is 3. The van der Waals surface area contributed by atoms with Gasteiger partial charge >= 0.3 is 0 Å². The van der Waals surface area contributed by atoms with Crippen molar-refractivity contribution in [2.24, 2.45) is 5.92 Å². The first kappa shape index (κ1) is 28.0. The summed E-state index contributed by atoms with van der Waals surface area (Å²) in [5, 5.41) is 0. The van der Waals surface area contributed by atoms with Crippen LogP contribution in [0.25, 0.3) is 0 Å². The van der Waals surface area contributed by atoms with Crippen molar-refractivity contribution in [3.8, 4) is 5.75 Å². The Bertz CT molecular complexity index is 945. The molecule has 0 N–H and O–H groups in total. The molecule has 2 aliphatic rings. The average Bonchev–Trinajstić information content (AvgIpc) is 2.94. The van der Waals surface area contributed by atoms with E-state index < -0.39 is 17.9 Å². The lowest BCUT2D eigenvalue weighted by Gasteiger charge is -2.31. The van der Waals surface area contributed by atoms with Crippen LogP contribution in [0.2, 0.25) is 0 Å². The average molecular weight is 515 g/mol. The highest BCUT2D eigenvalue weighted by atomic mass is 19.2. The second kappa shape index (κ2) is 14.2. The van der Waals surface area contributed by atoms with E-state index in [1.807, 2.05) is 6.92 Å². The summed E-state index contributed by atoms with van der Waals surface area (Å²) >= 11 is 0. The van der Waals surface area contributed by atoms with E-state index in [0.717, 1.165) is 24.3 Å². The molecule has 37 heavy (non-hydrogen) atoms. The quantitative estimate of drug-likeness (QED) is 0.264. The van der Waals surface area contributed by atoms with E-state index in [1.165, 1.54) is 75.5 Å². The molecule has 1 heterocycles. The van der Waals surface area contributed by atoms with Crippen molar-refractivity contribution in [2.45, 2.75) is 103 Å². The van der Waals surface area contributed by atoms with Gasteiger partial charge in [0.2, 0.25) is 5.82 Å². The zero-order valence-corrected chi connectivity index (χ0v) is 22.7. The summed E-state index contributed by atoms with van der Waals surface area (Å²) < 4.78 is 46.2. The van der Waals surface area contributed by atoms with E-state index in [0.29, 0.717) is 25.7 Å². The first-order chi connectivity index (χ1) is 18.1. The number of halogens is 2. The predicted molar refractivity (Wildman–Crippen MR) is 144 cm³/mol. The van der Waals surface area contributed by atoms with Crippen LogP contribution in [0.15, 0.2) is 36.4 Å². The highest BCUT2D eigenvalue weighted by molar-refractivity contribution is 5.32. The van der Waals surface area contributed by atoms with Crippen LogP contribution in [0.4, 0.5) is 8.78 Å². The van der Waals surface area contributed by atoms with Gasteiger partial charge in [-0.25, -0.2) is 4.39 Å².